The van der Waals surface area contributed by atoms with E-state index in [0.717, 1.165) is 17.0 Å². The van der Waals surface area contributed by atoms with Crippen LogP contribution >= 0.6 is 0 Å². The molecule has 112 valence electrons. The van der Waals surface area contributed by atoms with E-state index in [1.807, 2.05) is 34.6 Å². The predicted octanol–water partition coefficient (Wildman–Crippen LogP) is 1.57. The molecule has 0 radical (unpaired) electrons. The molecule has 0 aliphatic heterocycles. The number of nitrogens with one attached hydrogen (secondary N) is 2. The number of hydrogen-bond donors (Lipinski definition) is 3. The van der Waals surface area contributed by atoms with Gasteiger partial charge in [-0.3, -0.25) is 14.7 Å². The highest BCUT2D eigenvalue weighted by molar-refractivity contribution is 5.80. The number of carbonyl (C=O) groups excluding carboxylic acids is 1. The lowest BCUT2D eigenvalue weighted by Gasteiger charge is -2.30. The average Bonchev–Trinajstić information content (AvgIpc) is 2.58. The van der Waals surface area contributed by atoms with Crippen LogP contribution in [0.25, 0.3) is 0 Å². The topological polar surface area (TPSA) is 95.1 Å². The largest absolute Gasteiger partial charge is 0.481 e. The summed E-state index contributed by atoms with van der Waals surface area (Å²) < 4.78 is 0. The maximum atomic E-state index is 12.1. The van der Waals surface area contributed by atoms with Gasteiger partial charge in [0.25, 0.3) is 0 Å². The second-order valence-electron chi connectivity index (χ2n) is 6.17. The van der Waals surface area contributed by atoms with Gasteiger partial charge in [-0.05, 0) is 19.3 Å². The number of carboxylic acid groups (broad SMARTS) is 1. The van der Waals surface area contributed by atoms with Gasteiger partial charge in [0.05, 0.1) is 18.5 Å². The van der Waals surface area contributed by atoms with Crippen LogP contribution in [-0.2, 0) is 16.0 Å². The minimum absolute atomic E-state index is 0.0847. The van der Waals surface area contributed by atoms with E-state index < -0.39 is 12.0 Å². The smallest absolute Gasteiger partial charge is 0.305 e. The van der Waals surface area contributed by atoms with Crippen LogP contribution in [0.4, 0.5) is 0 Å². The van der Waals surface area contributed by atoms with Crippen LogP contribution in [0.3, 0.4) is 0 Å². The molecule has 0 aliphatic carbocycles. The van der Waals surface area contributed by atoms with E-state index in [9.17, 15) is 9.59 Å². The number of aromatic amines is 1. The first-order valence-corrected chi connectivity index (χ1v) is 6.63. The molecule has 0 saturated carbocycles. The first-order chi connectivity index (χ1) is 9.11. The van der Waals surface area contributed by atoms with E-state index in [1.165, 1.54) is 0 Å². The second kappa shape index (κ2) is 6.07. The van der Waals surface area contributed by atoms with Gasteiger partial charge in [-0.2, -0.15) is 5.10 Å². The number of aliphatic carboxylic acids is 1. The summed E-state index contributed by atoms with van der Waals surface area (Å²) in [5.41, 5.74) is 2.21. The summed E-state index contributed by atoms with van der Waals surface area (Å²) >= 11 is 0. The van der Waals surface area contributed by atoms with E-state index in [0.29, 0.717) is 0 Å². The molecule has 0 fully saturated rings. The van der Waals surface area contributed by atoms with Crippen molar-refractivity contribution in [2.45, 2.75) is 53.5 Å². The molecule has 1 unspecified atom stereocenters. The summed E-state index contributed by atoms with van der Waals surface area (Å²) in [7, 11) is 0. The highest BCUT2D eigenvalue weighted by Gasteiger charge is 2.28. The van der Waals surface area contributed by atoms with Crippen molar-refractivity contribution in [2.24, 2.45) is 5.41 Å². The molecule has 6 heteroatoms. The standard InChI is InChI=1S/C14H23N3O3/c1-8-10(9(2)17-16-8)6-12(18)15-11(7-13(19)20)14(3,4)5/h11H,6-7H2,1-5H3,(H,15,18)(H,16,17)(H,19,20). The number of rotatable bonds is 5. The summed E-state index contributed by atoms with van der Waals surface area (Å²) in [6.07, 6.45) is 0.124. The van der Waals surface area contributed by atoms with Crippen molar-refractivity contribution >= 4 is 11.9 Å². The third kappa shape index (κ3) is 4.36. The second-order valence-corrected chi connectivity index (χ2v) is 6.17. The van der Waals surface area contributed by atoms with Gasteiger partial charge >= 0.3 is 5.97 Å². The van der Waals surface area contributed by atoms with Crippen LogP contribution in [0, 0.1) is 19.3 Å². The number of hydrogen-bond acceptors (Lipinski definition) is 3. The van der Waals surface area contributed by atoms with Gasteiger partial charge in [0.2, 0.25) is 5.91 Å². The molecular weight excluding hydrogens is 258 g/mol. The Balaban J connectivity index is 2.74. The normalized spacial score (nSPS) is 13.1. The van der Waals surface area contributed by atoms with Gasteiger partial charge in [0, 0.05) is 17.3 Å². The van der Waals surface area contributed by atoms with E-state index in [1.54, 1.807) is 0 Å². The van der Waals surface area contributed by atoms with Crippen LogP contribution in [-0.4, -0.2) is 33.2 Å². The Morgan fingerprint density at radius 2 is 1.95 bits per heavy atom. The maximum absolute atomic E-state index is 12.1. The molecule has 1 aromatic heterocycles. The molecule has 1 heterocycles. The molecule has 1 aromatic rings. The summed E-state index contributed by atoms with van der Waals surface area (Å²) in [5, 5.41) is 18.6. The minimum atomic E-state index is -0.916. The summed E-state index contributed by atoms with van der Waals surface area (Å²) in [4.78, 5) is 23.0. The molecule has 0 spiro atoms. The van der Waals surface area contributed by atoms with Crippen molar-refractivity contribution in [1.29, 1.82) is 0 Å². The van der Waals surface area contributed by atoms with Gasteiger partial charge in [-0.1, -0.05) is 20.8 Å². The zero-order valence-corrected chi connectivity index (χ0v) is 12.7. The first kappa shape index (κ1) is 16.2. The summed E-state index contributed by atoms with van der Waals surface area (Å²) in [6, 6.07) is -0.403. The third-order valence-electron chi connectivity index (χ3n) is 3.38. The van der Waals surface area contributed by atoms with E-state index in [4.69, 9.17) is 5.11 Å². The number of nitrogens with zero attached hydrogens (tertiary/aromatic N) is 1. The number of aromatic nitrogens is 2. The molecule has 6 nitrogen and oxygen atoms in total. The van der Waals surface area contributed by atoms with Crippen molar-refractivity contribution < 1.29 is 14.7 Å². The van der Waals surface area contributed by atoms with Crippen molar-refractivity contribution in [2.75, 3.05) is 0 Å². The van der Waals surface area contributed by atoms with Gasteiger partial charge in [0.15, 0.2) is 0 Å². The number of H-pyrrole nitrogens is 1. The Morgan fingerprint density at radius 3 is 2.35 bits per heavy atom. The molecule has 1 atom stereocenters. The molecule has 3 N–H and O–H groups in total. The molecule has 0 aromatic carbocycles. The molecular formula is C14H23N3O3. The van der Waals surface area contributed by atoms with Gasteiger partial charge in [-0.25, -0.2) is 0 Å². The highest BCUT2D eigenvalue weighted by atomic mass is 16.4. The number of amides is 1. The minimum Gasteiger partial charge on any atom is -0.481 e. The fraction of sp³-hybridized carbons (Fsp3) is 0.643. The molecule has 20 heavy (non-hydrogen) atoms. The fourth-order valence-corrected chi connectivity index (χ4v) is 1.99. The summed E-state index contributed by atoms with van der Waals surface area (Å²) in [6.45, 7) is 9.44. The number of aryl methyl sites for hydroxylation is 2. The number of carbonyl (C=O) groups is 2. The van der Waals surface area contributed by atoms with Crippen LogP contribution in [0.15, 0.2) is 0 Å². The van der Waals surface area contributed by atoms with Crippen LogP contribution in [0.1, 0.15) is 44.1 Å². The van der Waals surface area contributed by atoms with Crippen molar-refractivity contribution in [1.82, 2.24) is 15.5 Å². The van der Waals surface area contributed by atoms with Gasteiger partial charge in [0.1, 0.15) is 0 Å². The Hall–Kier alpha value is -1.85. The van der Waals surface area contributed by atoms with Crippen molar-refractivity contribution in [3.8, 4) is 0 Å². The molecule has 1 rings (SSSR count). The lowest BCUT2D eigenvalue weighted by Crippen LogP contribution is -2.45. The van der Waals surface area contributed by atoms with Gasteiger partial charge < -0.3 is 10.4 Å². The van der Waals surface area contributed by atoms with Crippen LogP contribution < -0.4 is 5.32 Å². The van der Waals surface area contributed by atoms with Crippen molar-refractivity contribution in [3.63, 3.8) is 0 Å². The summed E-state index contributed by atoms with van der Waals surface area (Å²) in [5.74, 6) is -1.10. The van der Waals surface area contributed by atoms with Gasteiger partial charge in [-0.15, -0.1) is 0 Å². The van der Waals surface area contributed by atoms with Crippen LogP contribution in [0.2, 0.25) is 0 Å². The van der Waals surface area contributed by atoms with E-state index in [2.05, 4.69) is 15.5 Å². The highest BCUT2D eigenvalue weighted by Crippen LogP contribution is 2.22. The monoisotopic (exact) mass is 281 g/mol. The Kier molecular flexibility index (Phi) is 4.92. The lowest BCUT2D eigenvalue weighted by atomic mass is 9.84. The van der Waals surface area contributed by atoms with Crippen molar-refractivity contribution in [3.05, 3.63) is 17.0 Å². The fourth-order valence-electron chi connectivity index (χ4n) is 1.99. The molecule has 0 saturated heterocycles. The number of carboxylic acids is 1. The van der Waals surface area contributed by atoms with E-state index >= 15 is 0 Å². The first-order valence-electron chi connectivity index (χ1n) is 6.63. The SMILES string of the molecule is Cc1n[nH]c(C)c1CC(=O)NC(CC(=O)O)C(C)(C)C. The Labute approximate surface area is 119 Å². The Morgan fingerprint density at radius 1 is 1.35 bits per heavy atom. The quantitative estimate of drug-likeness (QED) is 0.763. The molecule has 1 amide bonds. The zero-order chi connectivity index (χ0) is 15.5. The Bertz CT molecular complexity index is 481. The lowest BCUT2D eigenvalue weighted by molar-refractivity contribution is -0.138. The maximum Gasteiger partial charge on any atom is 0.305 e. The zero-order valence-electron chi connectivity index (χ0n) is 12.7. The third-order valence-corrected chi connectivity index (χ3v) is 3.38. The molecule has 0 bridgehead atoms. The average molecular weight is 281 g/mol. The van der Waals surface area contributed by atoms with Crippen LogP contribution in [0.5, 0.6) is 0 Å². The van der Waals surface area contributed by atoms with E-state index in [-0.39, 0.29) is 24.2 Å². The molecule has 0 aliphatic rings. The predicted molar refractivity (Wildman–Crippen MR) is 75.4 cm³/mol.